The summed E-state index contributed by atoms with van der Waals surface area (Å²) in [6, 6.07) is 3.60. The van der Waals surface area contributed by atoms with Crippen molar-refractivity contribution in [2.45, 2.75) is 0 Å². The zero-order chi connectivity index (χ0) is 10.4. The summed E-state index contributed by atoms with van der Waals surface area (Å²) in [5.74, 6) is -0.958. The van der Waals surface area contributed by atoms with Crippen LogP contribution in [0.15, 0.2) is 33.6 Å². The first-order chi connectivity index (χ1) is 7.27. The minimum absolute atomic E-state index is 0.248. The van der Waals surface area contributed by atoms with Gasteiger partial charge in [0.25, 0.3) is 0 Å². The fourth-order valence-corrected chi connectivity index (χ4v) is 1.75. The molecule has 1 heterocycles. The van der Waals surface area contributed by atoms with Crippen molar-refractivity contribution in [3.8, 4) is 0 Å². The number of nitrogens with zero attached hydrogens (tertiary/aromatic N) is 3. The maximum Gasteiger partial charge on any atom is 0.336 e. The third-order valence-electron chi connectivity index (χ3n) is 2.42. The molecule has 5 heteroatoms. The molecule has 1 aliphatic carbocycles. The lowest BCUT2D eigenvalue weighted by molar-refractivity contribution is -0.130. The van der Waals surface area contributed by atoms with Crippen molar-refractivity contribution in [3.05, 3.63) is 34.3 Å². The van der Waals surface area contributed by atoms with Crippen molar-refractivity contribution >= 4 is 23.3 Å². The molecule has 0 spiro atoms. The second kappa shape index (κ2) is 2.60. The largest absolute Gasteiger partial charge is 0.478 e. The average Bonchev–Trinajstić information content (AvgIpc) is 2.82. The van der Waals surface area contributed by atoms with Gasteiger partial charge in [0.1, 0.15) is 11.0 Å². The molecule has 72 valence electrons. The number of hydrogen-bond acceptors (Lipinski definition) is 4. The van der Waals surface area contributed by atoms with E-state index in [1.54, 1.807) is 18.2 Å². The van der Waals surface area contributed by atoms with Crippen molar-refractivity contribution in [2.75, 3.05) is 0 Å². The van der Waals surface area contributed by atoms with Crippen LogP contribution < -0.4 is 10.6 Å². The predicted octanol–water partition coefficient (Wildman–Crippen LogP) is 0.581. The molecule has 1 N–H and O–H groups in total. The van der Waals surface area contributed by atoms with Gasteiger partial charge in [-0.3, -0.25) is 0 Å². The predicted molar refractivity (Wildman–Crippen MR) is 51.8 cm³/mol. The Morgan fingerprint density at radius 2 is 2.13 bits per heavy atom. The van der Waals surface area contributed by atoms with Crippen LogP contribution in [0.2, 0.25) is 0 Å². The van der Waals surface area contributed by atoms with Gasteiger partial charge < -0.3 is 5.11 Å². The lowest BCUT2D eigenvalue weighted by atomic mass is 10.1. The average molecular weight is 199 g/mol. The second-order valence-electron chi connectivity index (χ2n) is 3.24. The van der Waals surface area contributed by atoms with E-state index in [0.29, 0.717) is 16.6 Å². The van der Waals surface area contributed by atoms with Gasteiger partial charge in [-0.05, 0) is 22.6 Å². The van der Waals surface area contributed by atoms with Gasteiger partial charge in [-0.25, -0.2) is 4.79 Å². The van der Waals surface area contributed by atoms with Crippen LogP contribution >= 0.6 is 0 Å². The number of allylic oxidation sites excluding steroid dienone is 1. The quantitative estimate of drug-likeness (QED) is 0.718. The summed E-state index contributed by atoms with van der Waals surface area (Å²) in [5, 5.41) is 21.6. The monoisotopic (exact) mass is 199 g/mol. The minimum atomic E-state index is -0.958. The van der Waals surface area contributed by atoms with Gasteiger partial charge >= 0.3 is 5.97 Å². The Bertz CT molecular complexity index is 656. The highest BCUT2D eigenvalue weighted by molar-refractivity contribution is 6.19. The van der Waals surface area contributed by atoms with Gasteiger partial charge in [0, 0.05) is 5.56 Å². The van der Waals surface area contributed by atoms with Crippen LogP contribution in [0, 0.1) is 0 Å². The first kappa shape index (κ1) is 8.05. The molecule has 1 aromatic rings. The highest BCUT2D eigenvalue weighted by Gasteiger charge is 2.21. The van der Waals surface area contributed by atoms with E-state index in [9.17, 15) is 4.79 Å². The smallest absolute Gasteiger partial charge is 0.336 e. The summed E-state index contributed by atoms with van der Waals surface area (Å²) < 4.78 is 0. The van der Waals surface area contributed by atoms with Crippen molar-refractivity contribution in [2.24, 2.45) is 15.4 Å². The number of hydrogen-bond donors (Lipinski definition) is 1. The SMILES string of the molecule is O=C(O)C1=CC=c2ccc3c(c21)N=NN=3. The first-order valence-electron chi connectivity index (χ1n) is 4.35. The second-order valence-corrected chi connectivity index (χ2v) is 3.24. The molecule has 5 nitrogen and oxygen atoms in total. The number of carboxylic acids is 1. The van der Waals surface area contributed by atoms with Crippen molar-refractivity contribution in [3.63, 3.8) is 0 Å². The summed E-state index contributed by atoms with van der Waals surface area (Å²) >= 11 is 0. The molecule has 2 aliphatic rings. The van der Waals surface area contributed by atoms with Gasteiger partial charge in [-0.1, -0.05) is 12.1 Å². The zero-order valence-corrected chi connectivity index (χ0v) is 7.51. The summed E-state index contributed by atoms with van der Waals surface area (Å²) in [6.45, 7) is 0. The standard InChI is InChI=1S/C10H5N3O2/c14-10(15)6-3-1-5-2-4-7-9(8(5)6)12-13-11-7/h1-4H,(H,14,15). The van der Waals surface area contributed by atoms with Crippen molar-refractivity contribution in [1.82, 2.24) is 0 Å². The molecule has 0 unspecified atom stereocenters. The summed E-state index contributed by atoms with van der Waals surface area (Å²) in [7, 11) is 0. The Hall–Kier alpha value is -2.30. The Balaban J connectivity index is 2.40. The van der Waals surface area contributed by atoms with Gasteiger partial charge in [0.15, 0.2) is 0 Å². The van der Waals surface area contributed by atoms with E-state index >= 15 is 0 Å². The van der Waals surface area contributed by atoms with E-state index in [0.717, 1.165) is 5.22 Å². The lowest BCUT2D eigenvalue weighted by Crippen LogP contribution is -2.14. The highest BCUT2D eigenvalue weighted by atomic mass is 16.4. The molecule has 0 fully saturated rings. The van der Waals surface area contributed by atoms with Crippen LogP contribution in [0.25, 0.3) is 11.6 Å². The molecule has 1 aromatic carbocycles. The molecule has 15 heavy (non-hydrogen) atoms. The van der Waals surface area contributed by atoms with Crippen LogP contribution in [0.5, 0.6) is 0 Å². The molecule has 0 radical (unpaired) electrons. The summed E-state index contributed by atoms with van der Waals surface area (Å²) in [5.41, 5.74) is 1.41. The molecule has 0 atom stereocenters. The minimum Gasteiger partial charge on any atom is -0.478 e. The van der Waals surface area contributed by atoms with Crippen LogP contribution in [-0.2, 0) is 4.79 Å². The van der Waals surface area contributed by atoms with Crippen LogP contribution in [-0.4, -0.2) is 11.1 Å². The van der Waals surface area contributed by atoms with Crippen LogP contribution in [0.4, 0.5) is 5.69 Å². The molecule has 0 amide bonds. The number of benzene rings is 1. The van der Waals surface area contributed by atoms with Gasteiger partial charge in [-0.2, -0.15) is 0 Å². The Morgan fingerprint density at radius 1 is 1.27 bits per heavy atom. The maximum absolute atomic E-state index is 11.0. The summed E-state index contributed by atoms with van der Waals surface area (Å²) in [6.07, 6.45) is 3.33. The molecular weight excluding hydrogens is 194 g/mol. The van der Waals surface area contributed by atoms with Crippen LogP contribution in [0.1, 0.15) is 5.56 Å². The number of aliphatic carboxylic acids is 1. The number of carboxylic acid groups (broad SMARTS) is 1. The number of rotatable bonds is 1. The van der Waals surface area contributed by atoms with E-state index in [1.165, 1.54) is 0 Å². The van der Waals surface area contributed by atoms with Gasteiger partial charge in [-0.15, -0.1) is 10.2 Å². The van der Waals surface area contributed by atoms with Gasteiger partial charge in [0.05, 0.1) is 5.57 Å². The van der Waals surface area contributed by atoms with Gasteiger partial charge in [0.2, 0.25) is 0 Å². The third-order valence-corrected chi connectivity index (χ3v) is 2.42. The van der Waals surface area contributed by atoms with E-state index < -0.39 is 5.97 Å². The Morgan fingerprint density at radius 3 is 2.93 bits per heavy atom. The number of fused-ring (bicyclic) bond motifs is 3. The topological polar surface area (TPSA) is 74.4 Å². The maximum atomic E-state index is 11.0. The van der Waals surface area contributed by atoms with E-state index in [1.807, 2.05) is 6.07 Å². The normalized spacial score (nSPS) is 15.1. The molecular formula is C10H5N3O2. The third kappa shape index (κ3) is 0.969. The first-order valence-corrected chi connectivity index (χ1v) is 4.35. The van der Waals surface area contributed by atoms with E-state index in [2.05, 4.69) is 15.4 Å². The molecule has 3 rings (SSSR count). The summed E-state index contributed by atoms with van der Waals surface area (Å²) in [4.78, 5) is 11.0. The molecule has 1 aliphatic heterocycles. The van der Waals surface area contributed by atoms with E-state index in [-0.39, 0.29) is 5.57 Å². The fraction of sp³-hybridized carbons (Fsp3) is 0. The fourth-order valence-electron chi connectivity index (χ4n) is 1.75. The molecule has 0 bridgehead atoms. The molecule has 0 aromatic heterocycles. The Labute approximate surface area is 83.8 Å². The lowest BCUT2D eigenvalue weighted by Gasteiger charge is -2.00. The van der Waals surface area contributed by atoms with E-state index in [4.69, 9.17) is 5.11 Å². The molecule has 0 saturated carbocycles. The van der Waals surface area contributed by atoms with Crippen molar-refractivity contribution in [1.29, 1.82) is 0 Å². The number of carbonyl (C=O) groups is 1. The molecule has 0 saturated heterocycles. The Kier molecular flexibility index (Phi) is 1.39. The van der Waals surface area contributed by atoms with Crippen LogP contribution in [0.3, 0.4) is 0 Å². The highest BCUT2D eigenvalue weighted by Crippen LogP contribution is 2.25. The zero-order valence-electron chi connectivity index (χ0n) is 7.51. The van der Waals surface area contributed by atoms with Crippen molar-refractivity contribution < 1.29 is 9.90 Å².